The van der Waals surface area contributed by atoms with Gasteiger partial charge in [0.15, 0.2) is 0 Å². The molecule has 72 valence electrons. The number of alkyl halides is 2. The molecule has 1 aromatic rings. The predicted octanol–water partition coefficient (Wildman–Crippen LogP) is 2.46. The minimum Gasteiger partial charge on any atom is -0.311 e. The molecule has 13 heavy (non-hydrogen) atoms. The van der Waals surface area contributed by atoms with Crippen molar-refractivity contribution in [3.05, 3.63) is 22.4 Å². The number of halogens is 2. The number of nitrogens with one attached hydrogen (secondary N) is 1. The topological polar surface area (TPSA) is 12.0 Å². The third kappa shape index (κ3) is 1.74. The van der Waals surface area contributed by atoms with Crippen LogP contribution in [-0.4, -0.2) is 19.0 Å². The van der Waals surface area contributed by atoms with Crippen LogP contribution in [0.4, 0.5) is 8.78 Å². The van der Waals surface area contributed by atoms with Crippen LogP contribution in [-0.2, 0) is 0 Å². The average molecular weight is 203 g/mol. The summed E-state index contributed by atoms with van der Waals surface area (Å²) in [7, 11) is 0. The van der Waals surface area contributed by atoms with Crippen LogP contribution in [0.15, 0.2) is 17.5 Å². The minimum atomic E-state index is -2.58. The summed E-state index contributed by atoms with van der Waals surface area (Å²) in [6.45, 7) is 0.508. The van der Waals surface area contributed by atoms with Crippen LogP contribution >= 0.6 is 11.3 Å². The largest absolute Gasteiger partial charge is 0.311 e. The Balaban J connectivity index is 2.21. The fourth-order valence-corrected chi connectivity index (χ4v) is 2.60. The lowest BCUT2D eigenvalue weighted by Gasteiger charge is -2.31. The van der Waals surface area contributed by atoms with Gasteiger partial charge in [0.1, 0.15) is 0 Å². The van der Waals surface area contributed by atoms with E-state index in [-0.39, 0.29) is 6.54 Å². The van der Waals surface area contributed by atoms with Crippen molar-refractivity contribution in [3.8, 4) is 0 Å². The Bertz CT molecular complexity index is 271. The summed E-state index contributed by atoms with van der Waals surface area (Å²) in [5.74, 6) is -3.16. The van der Waals surface area contributed by atoms with Gasteiger partial charge in [-0.05, 0) is 24.4 Å². The highest BCUT2D eigenvalue weighted by molar-refractivity contribution is 7.10. The molecule has 2 rings (SSSR count). The zero-order chi connectivity index (χ0) is 9.31. The molecule has 0 bridgehead atoms. The van der Waals surface area contributed by atoms with E-state index in [1.807, 2.05) is 11.4 Å². The van der Waals surface area contributed by atoms with Crippen molar-refractivity contribution in [2.75, 3.05) is 13.1 Å². The van der Waals surface area contributed by atoms with Crippen LogP contribution < -0.4 is 5.32 Å². The van der Waals surface area contributed by atoms with Gasteiger partial charge >= 0.3 is 0 Å². The maximum atomic E-state index is 13.4. The number of piperidine rings is 1. The highest BCUT2D eigenvalue weighted by Crippen LogP contribution is 2.39. The number of rotatable bonds is 1. The first kappa shape index (κ1) is 9.09. The molecule has 0 spiro atoms. The molecule has 1 aliphatic heterocycles. The van der Waals surface area contributed by atoms with Crippen LogP contribution in [0, 0.1) is 0 Å². The first-order valence-electron chi connectivity index (χ1n) is 4.32. The highest BCUT2D eigenvalue weighted by Gasteiger charge is 2.42. The first-order chi connectivity index (χ1) is 6.20. The van der Waals surface area contributed by atoms with Crippen LogP contribution in [0.2, 0.25) is 0 Å². The van der Waals surface area contributed by atoms with E-state index in [2.05, 4.69) is 5.32 Å². The summed E-state index contributed by atoms with van der Waals surface area (Å²) < 4.78 is 26.8. The molecule has 2 heterocycles. The summed E-state index contributed by atoms with van der Waals surface area (Å²) >= 11 is 1.42. The molecule has 0 radical (unpaired) electrons. The summed E-state index contributed by atoms with van der Waals surface area (Å²) in [6.07, 6.45) is 0.535. The molecular weight excluding hydrogens is 192 g/mol. The first-order valence-corrected chi connectivity index (χ1v) is 5.20. The predicted molar refractivity (Wildman–Crippen MR) is 49.5 cm³/mol. The van der Waals surface area contributed by atoms with Gasteiger partial charge in [0.25, 0.3) is 5.92 Å². The zero-order valence-electron chi connectivity index (χ0n) is 7.09. The van der Waals surface area contributed by atoms with Crippen molar-refractivity contribution in [1.82, 2.24) is 5.32 Å². The summed E-state index contributed by atoms with van der Waals surface area (Å²) in [5.41, 5.74) is 0. The molecule has 0 amide bonds. The van der Waals surface area contributed by atoms with Crippen molar-refractivity contribution in [2.45, 2.75) is 18.3 Å². The average Bonchev–Trinajstić information content (AvgIpc) is 2.55. The van der Waals surface area contributed by atoms with Crippen molar-refractivity contribution in [1.29, 1.82) is 0 Å². The molecule has 1 aromatic heterocycles. The quantitative estimate of drug-likeness (QED) is 0.739. The molecule has 1 aliphatic rings. The van der Waals surface area contributed by atoms with Crippen LogP contribution in [0.25, 0.3) is 0 Å². The Morgan fingerprint density at radius 2 is 2.38 bits per heavy atom. The molecule has 0 aromatic carbocycles. The Morgan fingerprint density at radius 3 is 3.00 bits per heavy atom. The molecule has 0 saturated carbocycles. The Hall–Kier alpha value is -0.480. The Morgan fingerprint density at radius 1 is 1.54 bits per heavy atom. The van der Waals surface area contributed by atoms with Gasteiger partial charge in [-0.15, -0.1) is 11.3 Å². The lowest BCUT2D eigenvalue weighted by Crippen LogP contribution is -2.44. The van der Waals surface area contributed by atoms with Crippen LogP contribution in [0.3, 0.4) is 0 Å². The summed E-state index contributed by atoms with van der Waals surface area (Å²) in [4.78, 5) is 0.812. The fraction of sp³-hybridized carbons (Fsp3) is 0.556. The third-order valence-electron chi connectivity index (χ3n) is 2.37. The molecule has 0 aliphatic carbocycles. The summed E-state index contributed by atoms with van der Waals surface area (Å²) in [6, 6.07) is 3.63. The van der Waals surface area contributed by atoms with Crippen molar-refractivity contribution >= 4 is 11.3 Å². The lowest BCUT2D eigenvalue weighted by atomic mass is 9.92. The zero-order valence-corrected chi connectivity index (χ0v) is 7.91. The molecule has 1 nitrogen and oxygen atoms in total. The van der Waals surface area contributed by atoms with E-state index in [1.165, 1.54) is 11.3 Å². The second kappa shape index (κ2) is 3.35. The van der Waals surface area contributed by atoms with Crippen molar-refractivity contribution < 1.29 is 8.78 Å². The Kier molecular flexibility index (Phi) is 2.34. The van der Waals surface area contributed by atoms with Gasteiger partial charge in [-0.3, -0.25) is 0 Å². The summed E-state index contributed by atoms with van der Waals surface area (Å²) in [5, 5.41) is 4.58. The highest BCUT2D eigenvalue weighted by atomic mass is 32.1. The maximum Gasteiger partial charge on any atom is 0.267 e. The smallest absolute Gasteiger partial charge is 0.267 e. The monoisotopic (exact) mass is 203 g/mol. The van der Waals surface area contributed by atoms with Gasteiger partial charge in [0.05, 0.1) is 12.5 Å². The lowest BCUT2D eigenvalue weighted by molar-refractivity contribution is -0.0409. The fourth-order valence-electron chi connectivity index (χ4n) is 1.68. The SMILES string of the molecule is FC1(F)CNCCC1c1cccs1. The standard InChI is InChI=1S/C9H11F2NS/c10-9(11)6-12-4-3-7(9)8-2-1-5-13-8/h1-2,5,7,12H,3-4,6H2. The molecule has 1 saturated heterocycles. The second-order valence-corrected chi connectivity index (χ2v) is 4.27. The van der Waals surface area contributed by atoms with E-state index >= 15 is 0 Å². The Labute approximate surface area is 79.8 Å². The molecule has 1 N–H and O–H groups in total. The molecular formula is C9H11F2NS. The molecule has 1 unspecified atom stereocenters. The van der Waals surface area contributed by atoms with E-state index in [0.717, 1.165) is 4.88 Å². The van der Waals surface area contributed by atoms with Crippen LogP contribution in [0.1, 0.15) is 17.2 Å². The molecule has 1 atom stereocenters. The number of hydrogen-bond donors (Lipinski definition) is 1. The van der Waals surface area contributed by atoms with E-state index < -0.39 is 11.8 Å². The number of thiophene rings is 1. The third-order valence-corrected chi connectivity index (χ3v) is 3.35. The van der Waals surface area contributed by atoms with Crippen molar-refractivity contribution in [2.24, 2.45) is 0 Å². The van der Waals surface area contributed by atoms with E-state index in [1.54, 1.807) is 6.07 Å². The number of hydrogen-bond acceptors (Lipinski definition) is 2. The van der Waals surface area contributed by atoms with E-state index in [9.17, 15) is 8.78 Å². The maximum absolute atomic E-state index is 13.4. The normalized spacial score (nSPS) is 27.4. The van der Waals surface area contributed by atoms with Crippen molar-refractivity contribution in [3.63, 3.8) is 0 Å². The second-order valence-electron chi connectivity index (χ2n) is 3.29. The van der Waals surface area contributed by atoms with Gasteiger partial charge in [-0.1, -0.05) is 6.07 Å². The van der Waals surface area contributed by atoms with E-state index in [0.29, 0.717) is 13.0 Å². The minimum absolute atomic E-state index is 0.185. The van der Waals surface area contributed by atoms with Crippen LogP contribution in [0.5, 0.6) is 0 Å². The van der Waals surface area contributed by atoms with Gasteiger partial charge in [-0.25, -0.2) is 8.78 Å². The molecule has 4 heteroatoms. The van der Waals surface area contributed by atoms with E-state index in [4.69, 9.17) is 0 Å². The van der Waals surface area contributed by atoms with Gasteiger partial charge < -0.3 is 5.32 Å². The van der Waals surface area contributed by atoms with Gasteiger partial charge in [-0.2, -0.15) is 0 Å². The van der Waals surface area contributed by atoms with Gasteiger partial charge in [0, 0.05) is 4.88 Å². The van der Waals surface area contributed by atoms with Gasteiger partial charge in [0.2, 0.25) is 0 Å². The molecule has 1 fully saturated rings.